The minimum absolute atomic E-state index is 0.599. The van der Waals surface area contributed by atoms with Gasteiger partial charge in [0.05, 0.1) is 6.54 Å². The molecule has 0 unspecified atom stereocenters. The zero-order valence-electron chi connectivity index (χ0n) is 5.92. The summed E-state index contributed by atoms with van der Waals surface area (Å²) in [6.45, 7) is 1.58. The lowest BCUT2D eigenvalue weighted by molar-refractivity contribution is 0.403. The van der Waals surface area contributed by atoms with Crippen LogP contribution >= 0.6 is 0 Å². The van der Waals surface area contributed by atoms with Gasteiger partial charge in [-0.2, -0.15) is 0 Å². The maximum Gasteiger partial charge on any atom is 0.234 e. The summed E-state index contributed by atoms with van der Waals surface area (Å²) in [4.78, 5) is 15.0. The second-order valence-corrected chi connectivity index (χ2v) is 2.13. The Morgan fingerprint density at radius 3 is 2.67 bits per heavy atom. The highest BCUT2D eigenvalue weighted by atomic mass is 16.1. The zero-order valence-corrected chi connectivity index (χ0v) is 5.92. The van der Waals surface area contributed by atoms with Crippen molar-refractivity contribution in [3.05, 3.63) is 0 Å². The standard InChI is InChI=1S/C6H12N2O/c1-8(2)5-3-4-7-6-9/h3-5H2,1-2H3. The third-order valence-electron chi connectivity index (χ3n) is 0.940. The lowest BCUT2D eigenvalue weighted by atomic mass is 10.4. The molecule has 0 bridgehead atoms. The van der Waals surface area contributed by atoms with Crippen LogP contribution in [0.3, 0.4) is 0 Å². The molecule has 0 aromatic heterocycles. The van der Waals surface area contributed by atoms with Crippen molar-refractivity contribution in [2.75, 3.05) is 27.2 Å². The van der Waals surface area contributed by atoms with Crippen molar-refractivity contribution in [3.63, 3.8) is 0 Å². The van der Waals surface area contributed by atoms with Crippen molar-refractivity contribution in [2.24, 2.45) is 4.99 Å². The van der Waals surface area contributed by atoms with Crippen LogP contribution in [-0.4, -0.2) is 38.2 Å². The number of nitrogens with zero attached hydrogens (tertiary/aromatic N) is 2. The average molecular weight is 128 g/mol. The second kappa shape index (κ2) is 5.48. The fourth-order valence-electron chi connectivity index (χ4n) is 0.512. The summed E-state index contributed by atoms with van der Waals surface area (Å²) in [7, 11) is 3.98. The summed E-state index contributed by atoms with van der Waals surface area (Å²) in [6.07, 6.45) is 2.43. The van der Waals surface area contributed by atoms with Crippen LogP contribution in [0.5, 0.6) is 0 Å². The van der Waals surface area contributed by atoms with Gasteiger partial charge < -0.3 is 4.90 Å². The first-order valence-electron chi connectivity index (χ1n) is 2.95. The molecule has 0 aromatic rings. The molecule has 0 amide bonds. The molecule has 3 heteroatoms. The van der Waals surface area contributed by atoms with E-state index in [1.165, 1.54) is 6.08 Å². The summed E-state index contributed by atoms with van der Waals surface area (Å²) in [5, 5.41) is 0. The number of hydrogen-bond acceptors (Lipinski definition) is 3. The Kier molecular flexibility index (Phi) is 5.07. The van der Waals surface area contributed by atoms with E-state index in [1.807, 2.05) is 14.1 Å². The van der Waals surface area contributed by atoms with E-state index in [4.69, 9.17) is 0 Å². The first-order valence-corrected chi connectivity index (χ1v) is 2.95. The summed E-state index contributed by atoms with van der Waals surface area (Å²) in [5.74, 6) is 0. The van der Waals surface area contributed by atoms with Crippen molar-refractivity contribution in [2.45, 2.75) is 6.42 Å². The average Bonchev–Trinajstić information content (AvgIpc) is 1.80. The molecule has 0 heterocycles. The van der Waals surface area contributed by atoms with Crippen LogP contribution in [0.2, 0.25) is 0 Å². The number of carbonyl (C=O) groups excluding carboxylic acids is 1. The Balaban J connectivity index is 3.00. The molecular formula is C6H12N2O. The number of rotatable bonds is 4. The molecule has 52 valence electrons. The Morgan fingerprint density at radius 2 is 2.22 bits per heavy atom. The molecule has 0 N–H and O–H groups in total. The van der Waals surface area contributed by atoms with E-state index in [0.29, 0.717) is 6.54 Å². The van der Waals surface area contributed by atoms with E-state index < -0.39 is 0 Å². The van der Waals surface area contributed by atoms with E-state index in [9.17, 15) is 4.79 Å². The van der Waals surface area contributed by atoms with Gasteiger partial charge in [-0.25, -0.2) is 9.79 Å². The quantitative estimate of drug-likeness (QED) is 0.309. The van der Waals surface area contributed by atoms with Crippen LogP contribution in [0, 0.1) is 0 Å². The molecule has 0 aliphatic rings. The van der Waals surface area contributed by atoms with Crippen molar-refractivity contribution in [1.82, 2.24) is 4.90 Å². The summed E-state index contributed by atoms with van der Waals surface area (Å²) >= 11 is 0. The van der Waals surface area contributed by atoms with Gasteiger partial charge in [0.2, 0.25) is 6.08 Å². The fourth-order valence-corrected chi connectivity index (χ4v) is 0.512. The predicted molar refractivity (Wildman–Crippen MR) is 36.2 cm³/mol. The van der Waals surface area contributed by atoms with Gasteiger partial charge >= 0.3 is 0 Å². The van der Waals surface area contributed by atoms with Crippen LogP contribution in [0.1, 0.15) is 6.42 Å². The van der Waals surface area contributed by atoms with Crippen LogP contribution in [0.4, 0.5) is 0 Å². The van der Waals surface area contributed by atoms with Crippen molar-refractivity contribution in [1.29, 1.82) is 0 Å². The van der Waals surface area contributed by atoms with Crippen LogP contribution in [-0.2, 0) is 4.79 Å². The molecule has 0 atom stereocenters. The third kappa shape index (κ3) is 7.34. The van der Waals surface area contributed by atoms with Crippen molar-refractivity contribution < 1.29 is 4.79 Å². The molecule has 0 aliphatic heterocycles. The zero-order chi connectivity index (χ0) is 7.11. The van der Waals surface area contributed by atoms with Gasteiger partial charge in [0, 0.05) is 0 Å². The van der Waals surface area contributed by atoms with Crippen molar-refractivity contribution in [3.8, 4) is 0 Å². The first kappa shape index (κ1) is 8.34. The van der Waals surface area contributed by atoms with Gasteiger partial charge in [-0.05, 0) is 27.1 Å². The highest BCUT2D eigenvalue weighted by molar-refractivity contribution is 5.32. The molecule has 0 aliphatic carbocycles. The first-order chi connectivity index (χ1) is 4.27. The molecule has 0 aromatic carbocycles. The maximum absolute atomic E-state index is 9.54. The van der Waals surface area contributed by atoms with E-state index in [1.54, 1.807) is 0 Å². The number of isocyanates is 1. The smallest absolute Gasteiger partial charge is 0.234 e. The number of aliphatic imine (C=N–C) groups is 1. The predicted octanol–water partition coefficient (Wildman–Crippen LogP) is 0.274. The van der Waals surface area contributed by atoms with E-state index >= 15 is 0 Å². The number of hydrogen-bond donors (Lipinski definition) is 0. The maximum atomic E-state index is 9.54. The molecule has 9 heavy (non-hydrogen) atoms. The van der Waals surface area contributed by atoms with Gasteiger partial charge in [-0.1, -0.05) is 0 Å². The van der Waals surface area contributed by atoms with Gasteiger partial charge in [0.15, 0.2) is 0 Å². The Hall–Kier alpha value is -0.660. The van der Waals surface area contributed by atoms with E-state index in [0.717, 1.165) is 13.0 Å². The second-order valence-electron chi connectivity index (χ2n) is 2.13. The normalized spacial score (nSPS) is 9.22. The largest absolute Gasteiger partial charge is 0.309 e. The topological polar surface area (TPSA) is 32.7 Å². The molecule has 0 fully saturated rings. The highest BCUT2D eigenvalue weighted by Crippen LogP contribution is 1.81. The lowest BCUT2D eigenvalue weighted by Gasteiger charge is -2.05. The molecule has 0 radical (unpaired) electrons. The SMILES string of the molecule is CN(C)CCCN=C=O. The summed E-state index contributed by atoms with van der Waals surface area (Å²) in [6, 6.07) is 0. The Labute approximate surface area is 55.4 Å². The minimum atomic E-state index is 0.599. The van der Waals surface area contributed by atoms with Crippen molar-refractivity contribution >= 4 is 6.08 Å². The van der Waals surface area contributed by atoms with Crippen LogP contribution in [0.15, 0.2) is 4.99 Å². The lowest BCUT2D eigenvalue weighted by Crippen LogP contribution is -2.13. The molecule has 0 spiro atoms. The third-order valence-corrected chi connectivity index (χ3v) is 0.940. The molecule has 0 rings (SSSR count). The highest BCUT2D eigenvalue weighted by Gasteiger charge is 1.86. The van der Waals surface area contributed by atoms with E-state index in [2.05, 4.69) is 9.89 Å². The Morgan fingerprint density at radius 1 is 1.56 bits per heavy atom. The molecule has 3 nitrogen and oxygen atoms in total. The molecule has 0 saturated heterocycles. The Bertz CT molecular complexity index is 106. The summed E-state index contributed by atoms with van der Waals surface area (Å²) in [5.41, 5.74) is 0. The van der Waals surface area contributed by atoms with Gasteiger partial charge in [0.1, 0.15) is 0 Å². The monoisotopic (exact) mass is 128 g/mol. The van der Waals surface area contributed by atoms with Crippen LogP contribution in [0.25, 0.3) is 0 Å². The summed E-state index contributed by atoms with van der Waals surface area (Å²) < 4.78 is 0. The van der Waals surface area contributed by atoms with Gasteiger partial charge in [-0.15, -0.1) is 0 Å². The van der Waals surface area contributed by atoms with Gasteiger partial charge in [-0.3, -0.25) is 0 Å². The minimum Gasteiger partial charge on any atom is -0.309 e. The van der Waals surface area contributed by atoms with Crippen LogP contribution < -0.4 is 0 Å². The fraction of sp³-hybridized carbons (Fsp3) is 0.833. The van der Waals surface area contributed by atoms with E-state index in [-0.39, 0.29) is 0 Å². The van der Waals surface area contributed by atoms with Gasteiger partial charge in [0.25, 0.3) is 0 Å². The molecule has 0 saturated carbocycles. The molecular weight excluding hydrogens is 116 g/mol.